The molecule has 0 aliphatic heterocycles. The minimum Gasteiger partial charge on any atom is -0.497 e. The standard InChI is InChI=1S/C18H21F3N4O/c1-22-17(24-10-8-14-5-3-4-9-23-14)25-12-13-6-7-15(26-2)11-16(13)18(19,20)21/h3-7,9,11H,8,10,12H2,1-2H3,(H2,22,24,25). The van der Waals surface area contributed by atoms with Crippen LogP contribution < -0.4 is 15.4 Å². The fraction of sp³-hybridized carbons (Fsp3) is 0.333. The van der Waals surface area contributed by atoms with Crippen molar-refractivity contribution in [2.24, 2.45) is 4.99 Å². The highest BCUT2D eigenvalue weighted by molar-refractivity contribution is 5.79. The number of methoxy groups -OCH3 is 1. The number of alkyl halides is 3. The zero-order valence-electron chi connectivity index (χ0n) is 14.6. The first-order valence-corrected chi connectivity index (χ1v) is 8.02. The maximum atomic E-state index is 13.2. The fourth-order valence-corrected chi connectivity index (χ4v) is 2.36. The molecule has 2 rings (SSSR count). The zero-order chi connectivity index (χ0) is 19.0. The molecule has 2 N–H and O–H groups in total. The Morgan fingerprint density at radius 1 is 1.19 bits per heavy atom. The highest BCUT2D eigenvalue weighted by Gasteiger charge is 2.33. The molecule has 2 aromatic rings. The minimum atomic E-state index is -4.46. The number of pyridine rings is 1. The molecule has 0 fully saturated rings. The molecule has 140 valence electrons. The summed E-state index contributed by atoms with van der Waals surface area (Å²) in [5.41, 5.74) is 0.309. The number of nitrogens with one attached hydrogen (secondary N) is 2. The summed E-state index contributed by atoms with van der Waals surface area (Å²) in [7, 11) is 2.90. The largest absolute Gasteiger partial charge is 0.497 e. The average molecular weight is 366 g/mol. The van der Waals surface area contributed by atoms with Crippen molar-refractivity contribution in [2.45, 2.75) is 19.1 Å². The van der Waals surface area contributed by atoms with Crippen LogP contribution in [0.4, 0.5) is 13.2 Å². The van der Waals surface area contributed by atoms with Gasteiger partial charge in [0, 0.05) is 38.4 Å². The molecule has 1 aromatic carbocycles. The van der Waals surface area contributed by atoms with Gasteiger partial charge in [0.05, 0.1) is 12.7 Å². The summed E-state index contributed by atoms with van der Waals surface area (Å²) < 4.78 is 44.6. The highest BCUT2D eigenvalue weighted by Crippen LogP contribution is 2.34. The SMILES string of the molecule is CN=C(NCCc1ccccn1)NCc1ccc(OC)cc1C(F)(F)F. The maximum absolute atomic E-state index is 13.2. The summed E-state index contributed by atoms with van der Waals surface area (Å²) in [5.74, 6) is 0.587. The number of ether oxygens (including phenoxy) is 1. The molecule has 0 aliphatic carbocycles. The fourth-order valence-electron chi connectivity index (χ4n) is 2.36. The Morgan fingerprint density at radius 3 is 2.62 bits per heavy atom. The van der Waals surface area contributed by atoms with Crippen molar-refractivity contribution in [1.82, 2.24) is 15.6 Å². The first-order valence-electron chi connectivity index (χ1n) is 8.02. The van der Waals surface area contributed by atoms with Crippen molar-refractivity contribution in [3.8, 4) is 5.75 Å². The predicted molar refractivity (Wildman–Crippen MR) is 94.1 cm³/mol. The van der Waals surface area contributed by atoms with Crippen molar-refractivity contribution >= 4 is 5.96 Å². The van der Waals surface area contributed by atoms with Gasteiger partial charge in [-0.3, -0.25) is 9.98 Å². The van der Waals surface area contributed by atoms with Crippen LogP contribution in [0.5, 0.6) is 5.75 Å². The first kappa shape index (κ1) is 19.6. The van der Waals surface area contributed by atoms with E-state index >= 15 is 0 Å². The molecular formula is C18H21F3N4O. The molecule has 8 heteroatoms. The molecule has 1 heterocycles. The van der Waals surface area contributed by atoms with Gasteiger partial charge in [-0.15, -0.1) is 0 Å². The summed E-state index contributed by atoms with van der Waals surface area (Å²) >= 11 is 0. The number of hydrogen-bond donors (Lipinski definition) is 2. The number of benzene rings is 1. The molecule has 0 unspecified atom stereocenters. The second-order valence-electron chi connectivity index (χ2n) is 5.44. The molecule has 5 nitrogen and oxygen atoms in total. The third-order valence-electron chi connectivity index (χ3n) is 3.69. The van der Waals surface area contributed by atoms with E-state index in [4.69, 9.17) is 4.74 Å². The lowest BCUT2D eigenvalue weighted by atomic mass is 10.1. The van der Waals surface area contributed by atoms with Crippen molar-refractivity contribution in [2.75, 3.05) is 20.7 Å². The lowest BCUT2D eigenvalue weighted by molar-refractivity contribution is -0.138. The number of guanidine groups is 1. The number of aromatic nitrogens is 1. The van der Waals surface area contributed by atoms with Crippen LogP contribution in [0, 0.1) is 0 Å². The third-order valence-corrected chi connectivity index (χ3v) is 3.69. The third kappa shape index (κ3) is 5.65. The lowest BCUT2D eigenvalue weighted by Gasteiger charge is -2.16. The zero-order valence-corrected chi connectivity index (χ0v) is 14.6. The van der Waals surface area contributed by atoms with Crippen LogP contribution in [0.15, 0.2) is 47.6 Å². The van der Waals surface area contributed by atoms with Gasteiger partial charge < -0.3 is 15.4 Å². The Hall–Kier alpha value is -2.77. The summed E-state index contributed by atoms with van der Waals surface area (Å²) in [6, 6.07) is 9.54. The summed E-state index contributed by atoms with van der Waals surface area (Å²) in [6.07, 6.45) is -2.07. The van der Waals surface area contributed by atoms with Crippen LogP contribution in [0.25, 0.3) is 0 Å². The van der Waals surface area contributed by atoms with E-state index in [0.717, 1.165) is 11.8 Å². The molecule has 0 saturated heterocycles. The van der Waals surface area contributed by atoms with Crippen LogP contribution in [0.3, 0.4) is 0 Å². The molecule has 0 radical (unpaired) electrons. The van der Waals surface area contributed by atoms with Crippen LogP contribution in [-0.4, -0.2) is 31.6 Å². The maximum Gasteiger partial charge on any atom is 0.416 e. The van der Waals surface area contributed by atoms with E-state index in [0.29, 0.717) is 18.9 Å². The summed E-state index contributed by atoms with van der Waals surface area (Å²) in [5, 5.41) is 5.96. The number of nitrogens with zero attached hydrogens (tertiary/aromatic N) is 2. The summed E-state index contributed by atoms with van der Waals surface area (Å²) in [6.45, 7) is 0.549. The molecule has 0 amide bonds. The summed E-state index contributed by atoms with van der Waals surface area (Å²) in [4.78, 5) is 8.24. The molecule has 1 aromatic heterocycles. The average Bonchev–Trinajstić information content (AvgIpc) is 2.64. The van der Waals surface area contributed by atoms with Crippen LogP contribution in [-0.2, 0) is 19.1 Å². The van der Waals surface area contributed by atoms with Crippen LogP contribution in [0.1, 0.15) is 16.8 Å². The van der Waals surface area contributed by atoms with Crippen molar-refractivity contribution in [1.29, 1.82) is 0 Å². The number of hydrogen-bond acceptors (Lipinski definition) is 3. The van der Waals surface area contributed by atoms with Crippen molar-refractivity contribution < 1.29 is 17.9 Å². The van der Waals surface area contributed by atoms with Crippen LogP contribution in [0.2, 0.25) is 0 Å². The van der Waals surface area contributed by atoms with Gasteiger partial charge in [0.25, 0.3) is 0 Å². The monoisotopic (exact) mass is 366 g/mol. The molecule has 0 bridgehead atoms. The smallest absolute Gasteiger partial charge is 0.416 e. The normalized spacial score (nSPS) is 12.0. The number of rotatable bonds is 6. The Morgan fingerprint density at radius 2 is 2.00 bits per heavy atom. The Balaban J connectivity index is 1.95. The predicted octanol–water partition coefficient (Wildman–Crippen LogP) is 3.02. The van der Waals surface area contributed by atoms with Crippen molar-refractivity contribution in [3.63, 3.8) is 0 Å². The van der Waals surface area contributed by atoms with Gasteiger partial charge in [0.1, 0.15) is 5.75 Å². The van der Waals surface area contributed by atoms with E-state index in [-0.39, 0.29) is 17.9 Å². The lowest BCUT2D eigenvalue weighted by Crippen LogP contribution is -2.38. The van der Waals surface area contributed by atoms with Gasteiger partial charge >= 0.3 is 6.18 Å². The topological polar surface area (TPSA) is 58.5 Å². The Bertz CT molecular complexity index is 733. The quantitative estimate of drug-likeness (QED) is 0.610. The number of aliphatic imine (C=N–C) groups is 1. The van der Waals surface area contributed by atoms with Gasteiger partial charge in [-0.1, -0.05) is 12.1 Å². The van der Waals surface area contributed by atoms with Gasteiger partial charge in [-0.2, -0.15) is 13.2 Å². The van der Waals surface area contributed by atoms with Crippen molar-refractivity contribution in [3.05, 3.63) is 59.4 Å². The van der Waals surface area contributed by atoms with Crippen LogP contribution >= 0.6 is 0 Å². The molecule has 0 aliphatic rings. The van der Waals surface area contributed by atoms with E-state index in [1.54, 1.807) is 13.2 Å². The van der Waals surface area contributed by atoms with E-state index in [9.17, 15) is 13.2 Å². The molecular weight excluding hydrogens is 345 g/mol. The second-order valence-corrected chi connectivity index (χ2v) is 5.44. The highest BCUT2D eigenvalue weighted by atomic mass is 19.4. The first-order chi connectivity index (χ1) is 12.4. The van der Waals surface area contributed by atoms with E-state index in [1.165, 1.54) is 19.2 Å². The van der Waals surface area contributed by atoms with Gasteiger partial charge in [-0.05, 0) is 29.8 Å². The molecule has 0 saturated carbocycles. The van der Waals surface area contributed by atoms with E-state index in [2.05, 4.69) is 20.6 Å². The Labute approximate surface area is 150 Å². The molecule has 0 atom stereocenters. The number of halogens is 3. The Kier molecular flexibility index (Phi) is 6.82. The van der Waals surface area contributed by atoms with E-state index in [1.807, 2.05) is 18.2 Å². The molecule has 26 heavy (non-hydrogen) atoms. The molecule has 0 spiro atoms. The van der Waals surface area contributed by atoms with Gasteiger partial charge in [-0.25, -0.2) is 0 Å². The second kappa shape index (κ2) is 9.07. The van der Waals surface area contributed by atoms with E-state index < -0.39 is 11.7 Å². The minimum absolute atomic E-state index is 0.0118. The van der Waals surface area contributed by atoms with Gasteiger partial charge in [0.2, 0.25) is 0 Å². The van der Waals surface area contributed by atoms with Gasteiger partial charge in [0.15, 0.2) is 5.96 Å².